The highest BCUT2D eigenvalue weighted by Crippen LogP contribution is 2.26. The van der Waals surface area contributed by atoms with Crippen molar-refractivity contribution in [3.8, 4) is 0 Å². The molecular formula is C13H18O3S. The number of carbonyl (C=O) groups is 1. The molecule has 0 aromatic heterocycles. The van der Waals surface area contributed by atoms with Crippen LogP contribution in [0.4, 0.5) is 0 Å². The number of aryl methyl sites for hydroxylation is 1. The number of sulfone groups is 1. The van der Waals surface area contributed by atoms with Gasteiger partial charge in [0.15, 0.2) is 15.6 Å². The van der Waals surface area contributed by atoms with Crippen LogP contribution < -0.4 is 0 Å². The van der Waals surface area contributed by atoms with Gasteiger partial charge in [-0.2, -0.15) is 0 Å². The van der Waals surface area contributed by atoms with Crippen LogP contribution in [0.5, 0.6) is 0 Å². The molecule has 1 aliphatic heterocycles. The minimum atomic E-state index is -3.07. The average molecular weight is 254 g/mol. The maximum absolute atomic E-state index is 11.5. The summed E-state index contributed by atoms with van der Waals surface area (Å²) in [5.41, 5.74) is 1.41. The lowest BCUT2D eigenvalue weighted by Gasteiger charge is -2.01. The normalized spacial score (nSPS) is 15.7. The van der Waals surface area contributed by atoms with Gasteiger partial charge >= 0.3 is 0 Å². The van der Waals surface area contributed by atoms with Crippen molar-refractivity contribution in [1.82, 2.24) is 0 Å². The molecular weight excluding hydrogens is 236 g/mol. The molecule has 94 valence electrons. The Kier molecular flexibility index (Phi) is 4.46. The zero-order valence-corrected chi connectivity index (χ0v) is 11.3. The number of ketones is 1. The van der Waals surface area contributed by atoms with E-state index in [4.69, 9.17) is 0 Å². The van der Waals surface area contributed by atoms with E-state index in [2.05, 4.69) is 0 Å². The van der Waals surface area contributed by atoms with Crippen molar-refractivity contribution in [2.75, 3.05) is 5.75 Å². The Morgan fingerprint density at radius 1 is 1.29 bits per heavy atom. The first-order valence-corrected chi connectivity index (χ1v) is 7.58. The van der Waals surface area contributed by atoms with Crippen LogP contribution in [-0.2, 0) is 16.3 Å². The quantitative estimate of drug-likeness (QED) is 0.762. The molecule has 0 atom stereocenters. The lowest BCUT2D eigenvalue weighted by atomic mass is 10.0. The van der Waals surface area contributed by atoms with Crippen molar-refractivity contribution in [2.45, 2.75) is 38.5 Å². The summed E-state index contributed by atoms with van der Waals surface area (Å²) in [4.78, 5) is 11.8. The summed E-state index contributed by atoms with van der Waals surface area (Å²) >= 11 is 0. The fourth-order valence-electron chi connectivity index (χ4n) is 1.81. The van der Waals surface area contributed by atoms with E-state index in [9.17, 15) is 13.2 Å². The summed E-state index contributed by atoms with van der Waals surface area (Å²) in [6, 6.07) is 4.87. The van der Waals surface area contributed by atoms with Crippen LogP contribution in [0.15, 0.2) is 23.1 Å². The van der Waals surface area contributed by atoms with Crippen LogP contribution in [0.3, 0.4) is 0 Å². The topological polar surface area (TPSA) is 51.2 Å². The molecule has 0 radical (unpaired) electrons. The summed E-state index contributed by atoms with van der Waals surface area (Å²) in [5.74, 6) is 0.230. The van der Waals surface area contributed by atoms with E-state index in [0.29, 0.717) is 23.3 Å². The van der Waals surface area contributed by atoms with E-state index in [-0.39, 0.29) is 11.5 Å². The molecule has 3 nitrogen and oxygen atoms in total. The minimum Gasteiger partial charge on any atom is -0.294 e. The van der Waals surface area contributed by atoms with E-state index in [1.165, 1.54) is 0 Å². The average Bonchev–Trinajstić information content (AvgIpc) is 2.66. The number of rotatable bonds is 2. The third-order valence-corrected chi connectivity index (χ3v) is 4.49. The number of hydrogen-bond acceptors (Lipinski definition) is 3. The highest BCUT2D eigenvalue weighted by Gasteiger charge is 2.26. The van der Waals surface area contributed by atoms with Gasteiger partial charge in [0.1, 0.15) is 0 Å². The van der Waals surface area contributed by atoms with Crippen molar-refractivity contribution in [1.29, 1.82) is 0 Å². The van der Waals surface area contributed by atoms with Crippen LogP contribution in [0.2, 0.25) is 0 Å². The molecule has 0 saturated heterocycles. The van der Waals surface area contributed by atoms with Gasteiger partial charge in [0.25, 0.3) is 0 Å². The highest BCUT2D eigenvalue weighted by molar-refractivity contribution is 7.91. The van der Waals surface area contributed by atoms with Crippen LogP contribution in [0.1, 0.15) is 43.1 Å². The van der Waals surface area contributed by atoms with Crippen LogP contribution in [0, 0.1) is 0 Å². The van der Waals surface area contributed by atoms with Crippen LogP contribution in [-0.4, -0.2) is 20.0 Å². The lowest BCUT2D eigenvalue weighted by Crippen LogP contribution is -2.00. The molecule has 1 aliphatic rings. The second-order valence-electron chi connectivity index (χ2n) is 3.67. The Balaban J connectivity index is 0.000000686. The number of fused-ring (bicyclic) bond motifs is 1. The maximum atomic E-state index is 11.5. The highest BCUT2D eigenvalue weighted by atomic mass is 32.2. The molecule has 0 fully saturated rings. The number of carbonyl (C=O) groups excluding carboxylic acids is 1. The molecule has 1 heterocycles. The molecule has 1 aromatic rings. The standard InChI is InChI=1S/C11H12O3S.C2H6/c1-2-10(12)8-3-4-11-9(7-8)5-6-15(11,13)14;1-2/h3-4,7H,2,5-6H2,1H3;1-2H3. The summed E-state index contributed by atoms with van der Waals surface area (Å²) in [6.07, 6.45) is 0.980. The van der Waals surface area contributed by atoms with Crippen molar-refractivity contribution in [2.24, 2.45) is 0 Å². The largest absolute Gasteiger partial charge is 0.294 e. The molecule has 0 spiro atoms. The van der Waals surface area contributed by atoms with E-state index in [1.54, 1.807) is 25.1 Å². The molecule has 4 heteroatoms. The van der Waals surface area contributed by atoms with Gasteiger partial charge in [0, 0.05) is 12.0 Å². The van der Waals surface area contributed by atoms with Gasteiger partial charge in [0.05, 0.1) is 10.6 Å². The van der Waals surface area contributed by atoms with Crippen LogP contribution in [0.25, 0.3) is 0 Å². The van der Waals surface area contributed by atoms with Crippen molar-refractivity contribution in [3.63, 3.8) is 0 Å². The third-order valence-electron chi connectivity index (χ3n) is 2.68. The molecule has 0 bridgehead atoms. The molecule has 0 N–H and O–H groups in total. The number of hydrogen-bond donors (Lipinski definition) is 0. The van der Waals surface area contributed by atoms with Gasteiger partial charge in [0.2, 0.25) is 0 Å². The molecule has 0 unspecified atom stereocenters. The Labute approximate surface area is 103 Å². The van der Waals surface area contributed by atoms with Gasteiger partial charge in [-0.05, 0) is 24.1 Å². The first kappa shape index (κ1) is 13.9. The summed E-state index contributed by atoms with van der Waals surface area (Å²) in [6.45, 7) is 5.80. The van der Waals surface area contributed by atoms with Gasteiger partial charge in [-0.1, -0.05) is 26.8 Å². The fraction of sp³-hybridized carbons (Fsp3) is 0.462. The Bertz CT molecular complexity index is 515. The van der Waals surface area contributed by atoms with E-state index in [0.717, 1.165) is 5.56 Å². The summed E-state index contributed by atoms with van der Waals surface area (Å²) in [5, 5.41) is 0. The number of Topliss-reactive ketones (excluding diaryl/α,β-unsaturated/α-hetero) is 1. The predicted octanol–water partition coefficient (Wildman–Crippen LogP) is 2.64. The molecule has 0 aliphatic carbocycles. The maximum Gasteiger partial charge on any atom is 0.178 e. The van der Waals surface area contributed by atoms with Gasteiger partial charge in [-0.25, -0.2) is 8.42 Å². The fourth-order valence-corrected chi connectivity index (χ4v) is 3.35. The zero-order chi connectivity index (χ0) is 13.1. The lowest BCUT2D eigenvalue weighted by molar-refractivity contribution is 0.0988. The summed E-state index contributed by atoms with van der Waals surface area (Å²) in [7, 11) is -3.07. The second-order valence-corrected chi connectivity index (χ2v) is 5.75. The molecule has 0 saturated carbocycles. The van der Waals surface area contributed by atoms with Gasteiger partial charge in [-0.3, -0.25) is 4.79 Å². The van der Waals surface area contributed by atoms with E-state index in [1.807, 2.05) is 13.8 Å². The Morgan fingerprint density at radius 2 is 1.94 bits per heavy atom. The molecule has 2 rings (SSSR count). The predicted molar refractivity (Wildman–Crippen MR) is 68.2 cm³/mol. The molecule has 1 aromatic carbocycles. The van der Waals surface area contributed by atoms with Crippen molar-refractivity contribution >= 4 is 15.6 Å². The van der Waals surface area contributed by atoms with Gasteiger partial charge in [-0.15, -0.1) is 0 Å². The SMILES string of the molecule is CC.CCC(=O)c1ccc2c(c1)CCS2(=O)=O. The van der Waals surface area contributed by atoms with E-state index >= 15 is 0 Å². The first-order chi connectivity index (χ1) is 8.04. The first-order valence-electron chi connectivity index (χ1n) is 5.93. The van der Waals surface area contributed by atoms with Crippen molar-refractivity contribution < 1.29 is 13.2 Å². The smallest absolute Gasteiger partial charge is 0.178 e. The zero-order valence-electron chi connectivity index (χ0n) is 10.5. The van der Waals surface area contributed by atoms with Crippen molar-refractivity contribution in [3.05, 3.63) is 29.3 Å². The summed E-state index contributed by atoms with van der Waals surface area (Å²) < 4.78 is 23.0. The third kappa shape index (κ3) is 2.75. The van der Waals surface area contributed by atoms with Gasteiger partial charge < -0.3 is 0 Å². The second kappa shape index (κ2) is 5.45. The minimum absolute atomic E-state index is 0.0575. The molecule has 0 amide bonds. The molecule has 17 heavy (non-hydrogen) atoms. The monoisotopic (exact) mass is 254 g/mol. The van der Waals surface area contributed by atoms with E-state index < -0.39 is 9.84 Å². The van der Waals surface area contributed by atoms with Crippen LogP contribution >= 0.6 is 0 Å². The Hall–Kier alpha value is -1.16. The number of benzene rings is 1. The Morgan fingerprint density at radius 3 is 2.53 bits per heavy atom.